The minimum absolute atomic E-state index is 0.0184. The minimum Gasteiger partial charge on any atom is -0.494 e. The summed E-state index contributed by atoms with van der Waals surface area (Å²) in [4.78, 5) is 25.6. The number of rotatable bonds is 8. The Morgan fingerprint density at radius 3 is 2.33 bits per heavy atom. The van der Waals surface area contributed by atoms with Gasteiger partial charge in [-0.3, -0.25) is 9.59 Å². The molecule has 0 aromatic heterocycles. The molecule has 1 N–H and O–H groups in total. The van der Waals surface area contributed by atoms with E-state index in [0.717, 1.165) is 12.2 Å². The number of benzene rings is 1. The van der Waals surface area contributed by atoms with Crippen LogP contribution in [0, 0.1) is 23.7 Å². The quantitative estimate of drug-likeness (QED) is 0.400. The second kappa shape index (κ2) is 8.98. The van der Waals surface area contributed by atoms with Crippen LogP contribution >= 0.6 is 23.2 Å². The van der Waals surface area contributed by atoms with E-state index < -0.39 is 23.9 Å². The molecule has 1 saturated carbocycles. The Morgan fingerprint density at radius 1 is 1.11 bits per heavy atom. The summed E-state index contributed by atoms with van der Waals surface area (Å²) in [5.74, 6) is -0.457. The topological polar surface area (TPSA) is 64.6 Å². The highest BCUT2D eigenvalue weighted by Crippen LogP contribution is 2.49. The van der Waals surface area contributed by atoms with Gasteiger partial charge in [-0.15, -0.1) is 23.2 Å². The normalized spacial score (nSPS) is 25.6. The number of halogens is 2. The lowest BCUT2D eigenvalue weighted by molar-refractivity contribution is -0.156. The van der Waals surface area contributed by atoms with Gasteiger partial charge in [0.1, 0.15) is 11.9 Å². The van der Waals surface area contributed by atoms with Gasteiger partial charge in [-0.25, -0.2) is 0 Å². The third kappa shape index (κ3) is 4.41. The molecule has 0 radical (unpaired) electrons. The lowest BCUT2D eigenvalue weighted by Gasteiger charge is -2.27. The Kier molecular flexibility index (Phi) is 6.66. The number of ether oxygens (including phenoxy) is 2. The van der Waals surface area contributed by atoms with Crippen LogP contribution in [0.5, 0.6) is 5.75 Å². The summed E-state index contributed by atoms with van der Waals surface area (Å²) in [5.41, 5.74) is 0.668. The predicted octanol–water partition coefficient (Wildman–Crippen LogP) is 3.85. The number of carbonyl (C=O) groups excluding carboxylic acids is 2. The van der Waals surface area contributed by atoms with Gasteiger partial charge in [0.15, 0.2) is 0 Å². The first-order chi connectivity index (χ1) is 13.1. The highest BCUT2D eigenvalue weighted by molar-refractivity contribution is 6.21. The minimum atomic E-state index is -0.543. The maximum atomic E-state index is 12.9. The Labute approximate surface area is 169 Å². The van der Waals surface area contributed by atoms with E-state index in [0.29, 0.717) is 12.3 Å². The Bertz CT molecular complexity index is 702. The summed E-state index contributed by atoms with van der Waals surface area (Å²) in [6.45, 7) is 2.50. The predicted molar refractivity (Wildman–Crippen MR) is 105 cm³/mol. The van der Waals surface area contributed by atoms with Crippen LogP contribution < -0.4 is 10.1 Å². The third-order valence-corrected chi connectivity index (χ3v) is 5.78. The van der Waals surface area contributed by atoms with E-state index in [1.807, 2.05) is 19.1 Å². The molecule has 27 heavy (non-hydrogen) atoms. The lowest BCUT2D eigenvalue weighted by atomic mass is 9.82. The highest BCUT2D eigenvalue weighted by atomic mass is 35.5. The van der Waals surface area contributed by atoms with Crippen molar-refractivity contribution in [3.05, 3.63) is 36.4 Å². The molecule has 0 spiro atoms. The van der Waals surface area contributed by atoms with Crippen molar-refractivity contribution < 1.29 is 19.1 Å². The highest BCUT2D eigenvalue weighted by Gasteiger charge is 2.52. The number of carbonyl (C=O) groups is 2. The Balaban J connectivity index is 1.70. The van der Waals surface area contributed by atoms with Gasteiger partial charge in [0, 0.05) is 5.69 Å². The van der Waals surface area contributed by atoms with Gasteiger partial charge in [-0.1, -0.05) is 12.2 Å². The molecule has 2 aliphatic rings. The fraction of sp³-hybridized carbons (Fsp3) is 0.500. The first-order valence-electron chi connectivity index (χ1n) is 9.11. The van der Waals surface area contributed by atoms with Crippen LogP contribution in [0.15, 0.2) is 36.4 Å². The second-order valence-electron chi connectivity index (χ2n) is 6.81. The SMILES string of the molecule is CCOc1ccc(NC(=O)[C@H]2[C@H](C(=O)OC(CCl)CCl)[C@H]3C=C[C@H]2C3)cc1. The molecule has 0 saturated heterocycles. The van der Waals surface area contributed by atoms with Crippen LogP contribution in [-0.4, -0.2) is 36.3 Å². The van der Waals surface area contributed by atoms with E-state index in [2.05, 4.69) is 5.32 Å². The van der Waals surface area contributed by atoms with Gasteiger partial charge < -0.3 is 14.8 Å². The van der Waals surface area contributed by atoms with Gasteiger partial charge in [0.2, 0.25) is 5.91 Å². The van der Waals surface area contributed by atoms with E-state index in [1.165, 1.54) is 0 Å². The van der Waals surface area contributed by atoms with Crippen LogP contribution in [0.1, 0.15) is 13.3 Å². The number of amides is 1. The summed E-state index contributed by atoms with van der Waals surface area (Å²) < 4.78 is 10.8. The molecule has 5 nitrogen and oxygen atoms in total. The van der Waals surface area contributed by atoms with Crippen LogP contribution in [0.4, 0.5) is 5.69 Å². The number of nitrogens with one attached hydrogen (secondary N) is 1. The third-order valence-electron chi connectivity index (χ3n) is 5.09. The van der Waals surface area contributed by atoms with E-state index >= 15 is 0 Å². The molecule has 4 atom stereocenters. The van der Waals surface area contributed by atoms with Gasteiger partial charge in [-0.2, -0.15) is 0 Å². The fourth-order valence-corrected chi connectivity index (χ4v) is 4.33. The summed E-state index contributed by atoms with van der Waals surface area (Å²) >= 11 is 11.5. The van der Waals surface area contributed by atoms with Gasteiger partial charge in [-0.05, 0) is 49.4 Å². The smallest absolute Gasteiger partial charge is 0.310 e. The molecule has 1 aromatic rings. The van der Waals surface area contributed by atoms with E-state index in [1.54, 1.807) is 24.3 Å². The summed E-state index contributed by atoms with van der Waals surface area (Å²) in [7, 11) is 0. The van der Waals surface area contributed by atoms with Gasteiger partial charge in [0.05, 0.1) is 30.2 Å². The average Bonchev–Trinajstić information content (AvgIpc) is 3.29. The van der Waals surface area contributed by atoms with Crippen LogP contribution in [0.2, 0.25) is 0 Å². The Morgan fingerprint density at radius 2 is 1.74 bits per heavy atom. The van der Waals surface area contributed by atoms with E-state index in [-0.39, 0.29) is 29.5 Å². The standard InChI is InChI=1S/C20H23Cl2NO4/c1-2-26-15-7-5-14(6-8-15)23-19(24)17-12-3-4-13(9-12)18(17)20(25)27-16(10-21)11-22/h3-8,12-13,16-18H,2,9-11H2,1H3,(H,23,24)/t12-,13-,17+,18+/m0/s1. The number of hydrogen-bond donors (Lipinski definition) is 1. The van der Waals surface area contributed by atoms with Crippen molar-refractivity contribution in [2.24, 2.45) is 23.7 Å². The zero-order valence-electron chi connectivity index (χ0n) is 15.1. The van der Waals surface area contributed by atoms with Crippen LogP contribution in [0.25, 0.3) is 0 Å². The van der Waals surface area contributed by atoms with Gasteiger partial charge >= 0.3 is 5.97 Å². The maximum Gasteiger partial charge on any atom is 0.310 e. The molecule has 2 aliphatic carbocycles. The molecule has 7 heteroatoms. The monoisotopic (exact) mass is 411 g/mol. The van der Waals surface area contributed by atoms with Gasteiger partial charge in [0.25, 0.3) is 0 Å². The van der Waals surface area contributed by atoms with Crippen molar-refractivity contribution in [1.82, 2.24) is 0 Å². The molecule has 1 aromatic carbocycles. The summed E-state index contributed by atoms with van der Waals surface area (Å²) in [6, 6.07) is 7.18. The molecular weight excluding hydrogens is 389 g/mol. The fourth-order valence-electron chi connectivity index (χ4n) is 3.87. The molecular formula is C20H23Cl2NO4. The number of allylic oxidation sites excluding steroid dienone is 2. The number of anilines is 1. The molecule has 146 valence electrons. The molecule has 2 bridgehead atoms. The summed E-state index contributed by atoms with van der Waals surface area (Å²) in [5, 5.41) is 2.92. The van der Waals surface area contributed by atoms with Crippen molar-refractivity contribution in [1.29, 1.82) is 0 Å². The van der Waals surface area contributed by atoms with Crippen molar-refractivity contribution in [3.8, 4) is 5.75 Å². The first kappa shape index (κ1) is 20.0. The largest absolute Gasteiger partial charge is 0.494 e. The van der Waals surface area contributed by atoms with Crippen molar-refractivity contribution >= 4 is 40.8 Å². The molecule has 0 unspecified atom stereocenters. The molecule has 3 rings (SSSR count). The van der Waals surface area contributed by atoms with Crippen molar-refractivity contribution in [2.45, 2.75) is 19.4 Å². The van der Waals surface area contributed by atoms with E-state index in [4.69, 9.17) is 32.7 Å². The zero-order chi connectivity index (χ0) is 19.4. The first-order valence-corrected chi connectivity index (χ1v) is 10.2. The molecule has 0 heterocycles. The zero-order valence-corrected chi connectivity index (χ0v) is 16.6. The number of hydrogen-bond acceptors (Lipinski definition) is 4. The second-order valence-corrected chi connectivity index (χ2v) is 7.43. The number of esters is 1. The molecule has 1 amide bonds. The lowest BCUT2D eigenvalue weighted by Crippen LogP contribution is -2.39. The summed E-state index contributed by atoms with van der Waals surface area (Å²) in [6.07, 6.45) is 4.28. The van der Waals surface area contributed by atoms with Crippen molar-refractivity contribution in [3.63, 3.8) is 0 Å². The number of fused-ring (bicyclic) bond motifs is 2. The van der Waals surface area contributed by atoms with Crippen LogP contribution in [-0.2, 0) is 14.3 Å². The average molecular weight is 412 g/mol. The Hall–Kier alpha value is -1.72. The molecule has 1 fully saturated rings. The van der Waals surface area contributed by atoms with E-state index in [9.17, 15) is 9.59 Å². The maximum absolute atomic E-state index is 12.9. The number of alkyl halides is 2. The van der Waals surface area contributed by atoms with Crippen LogP contribution in [0.3, 0.4) is 0 Å². The molecule has 0 aliphatic heterocycles. The van der Waals surface area contributed by atoms with Crippen molar-refractivity contribution in [2.75, 3.05) is 23.7 Å².